The molecule has 1 aliphatic carbocycles. The van der Waals surface area contributed by atoms with Crippen molar-refractivity contribution < 1.29 is 9.59 Å². The largest absolute Gasteiger partial charge is 0.274 e. The van der Waals surface area contributed by atoms with E-state index < -0.39 is 0 Å². The number of rotatable bonds is 2. The van der Waals surface area contributed by atoms with E-state index in [1.54, 1.807) is 0 Å². The van der Waals surface area contributed by atoms with Crippen LogP contribution in [0.5, 0.6) is 0 Å². The van der Waals surface area contributed by atoms with E-state index in [0.29, 0.717) is 17.7 Å². The van der Waals surface area contributed by atoms with Crippen molar-refractivity contribution in [1.29, 1.82) is 0 Å². The lowest BCUT2D eigenvalue weighted by Crippen LogP contribution is -2.42. The lowest BCUT2D eigenvalue weighted by atomic mass is 9.91. The first kappa shape index (κ1) is 12.6. The molecule has 0 bridgehead atoms. The number of nitrogens with zero attached hydrogens (tertiary/aromatic N) is 1. The van der Waals surface area contributed by atoms with E-state index in [-0.39, 0.29) is 17.7 Å². The van der Waals surface area contributed by atoms with Gasteiger partial charge in [0, 0.05) is 23.1 Å². The minimum atomic E-state index is -0.142. The molecule has 0 N–H and O–H groups in total. The molecule has 0 spiro atoms. The molecule has 106 valence electrons. The maximum absolute atomic E-state index is 12.7. The summed E-state index contributed by atoms with van der Waals surface area (Å²) in [5, 5.41) is 2.04. The van der Waals surface area contributed by atoms with E-state index in [4.69, 9.17) is 0 Å². The zero-order chi connectivity index (χ0) is 14.7. The minimum absolute atomic E-state index is 0.142. The van der Waals surface area contributed by atoms with Crippen molar-refractivity contribution in [3.8, 4) is 0 Å². The van der Waals surface area contributed by atoms with Crippen molar-refractivity contribution in [2.75, 3.05) is 6.54 Å². The summed E-state index contributed by atoms with van der Waals surface area (Å²) in [7, 11) is 0. The molecule has 0 unspecified atom stereocenters. The fraction of sp³-hybridized carbons (Fsp3) is 0.333. The Kier molecular flexibility index (Phi) is 2.49. The molecule has 0 atom stereocenters. The summed E-state index contributed by atoms with van der Waals surface area (Å²) in [6.07, 6.45) is 2.02. The number of aryl methyl sites for hydroxylation is 2. The number of benzene rings is 2. The highest BCUT2D eigenvalue weighted by molar-refractivity contribution is 6.26. The summed E-state index contributed by atoms with van der Waals surface area (Å²) in [6.45, 7) is 4.51. The van der Waals surface area contributed by atoms with Crippen LogP contribution in [0.1, 0.15) is 45.7 Å². The van der Waals surface area contributed by atoms with Crippen LogP contribution in [0.15, 0.2) is 24.3 Å². The molecule has 2 aliphatic rings. The first-order chi connectivity index (χ1) is 10.1. The van der Waals surface area contributed by atoms with E-state index >= 15 is 0 Å². The van der Waals surface area contributed by atoms with Gasteiger partial charge in [0.2, 0.25) is 0 Å². The summed E-state index contributed by atoms with van der Waals surface area (Å²) in [4.78, 5) is 26.8. The molecule has 0 radical (unpaired) electrons. The van der Waals surface area contributed by atoms with Crippen molar-refractivity contribution in [2.45, 2.75) is 26.7 Å². The molecule has 2 aromatic carbocycles. The summed E-state index contributed by atoms with van der Waals surface area (Å²) in [5.41, 5.74) is 3.91. The van der Waals surface area contributed by atoms with Crippen molar-refractivity contribution in [2.24, 2.45) is 5.92 Å². The molecule has 2 amide bonds. The normalized spacial score (nSPS) is 16.4. The van der Waals surface area contributed by atoms with Gasteiger partial charge in [-0.1, -0.05) is 26.0 Å². The van der Waals surface area contributed by atoms with Crippen LogP contribution in [0.3, 0.4) is 0 Å². The number of hydrogen-bond donors (Lipinski definition) is 0. The quantitative estimate of drug-likeness (QED) is 0.792. The Morgan fingerprint density at radius 3 is 1.90 bits per heavy atom. The first-order valence-corrected chi connectivity index (χ1v) is 7.51. The Labute approximate surface area is 123 Å². The predicted molar refractivity (Wildman–Crippen MR) is 81.6 cm³/mol. The summed E-state index contributed by atoms with van der Waals surface area (Å²) >= 11 is 0. The Balaban J connectivity index is 2.01. The van der Waals surface area contributed by atoms with Gasteiger partial charge < -0.3 is 0 Å². The third-order valence-electron chi connectivity index (χ3n) is 4.50. The molecule has 0 fully saturated rings. The molecule has 3 heteroatoms. The molecule has 2 aromatic rings. The lowest BCUT2D eigenvalue weighted by Gasteiger charge is -2.28. The zero-order valence-electron chi connectivity index (χ0n) is 12.3. The second-order valence-electron chi connectivity index (χ2n) is 6.41. The molecule has 3 nitrogen and oxygen atoms in total. The molecule has 4 rings (SSSR count). The van der Waals surface area contributed by atoms with E-state index in [1.807, 2.05) is 26.0 Å². The summed E-state index contributed by atoms with van der Waals surface area (Å²) in [5.74, 6) is -0.0160. The molecular weight excluding hydrogens is 262 g/mol. The monoisotopic (exact) mass is 279 g/mol. The van der Waals surface area contributed by atoms with Crippen LogP contribution in [0, 0.1) is 5.92 Å². The van der Waals surface area contributed by atoms with Gasteiger partial charge in [-0.25, -0.2) is 0 Å². The van der Waals surface area contributed by atoms with Crippen LogP contribution in [0.2, 0.25) is 0 Å². The topological polar surface area (TPSA) is 37.4 Å². The number of imide groups is 1. The SMILES string of the molecule is CC(C)CN1C(=O)c2ccc3c4c(ccc(c24)C1=O)CC3. The van der Waals surface area contributed by atoms with Gasteiger partial charge in [-0.2, -0.15) is 0 Å². The van der Waals surface area contributed by atoms with E-state index in [0.717, 1.165) is 23.6 Å². The van der Waals surface area contributed by atoms with Gasteiger partial charge in [0.15, 0.2) is 0 Å². The van der Waals surface area contributed by atoms with Crippen molar-refractivity contribution in [1.82, 2.24) is 4.90 Å². The zero-order valence-corrected chi connectivity index (χ0v) is 12.3. The van der Waals surface area contributed by atoms with Gasteiger partial charge in [0.1, 0.15) is 0 Å². The Bertz CT molecular complexity index is 746. The summed E-state index contributed by atoms with van der Waals surface area (Å²) < 4.78 is 0. The molecule has 21 heavy (non-hydrogen) atoms. The number of amides is 2. The maximum Gasteiger partial charge on any atom is 0.261 e. The molecular formula is C18H17NO2. The van der Waals surface area contributed by atoms with Gasteiger partial charge in [-0.05, 0) is 47.4 Å². The van der Waals surface area contributed by atoms with Crippen LogP contribution in [-0.2, 0) is 12.8 Å². The average Bonchev–Trinajstić information content (AvgIpc) is 2.88. The minimum Gasteiger partial charge on any atom is -0.274 e. The molecule has 1 heterocycles. The van der Waals surface area contributed by atoms with Gasteiger partial charge in [-0.15, -0.1) is 0 Å². The van der Waals surface area contributed by atoms with Gasteiger partial charge in [0.25, 0.3) is 11.8 Å². The van der Waals surface area contributed by atoms with Crippen LogP contribution in [-0.4, -0.2) is 23.3 Å². The molecule has 1 aliphatic heterocycles. The maximum atomic E-state index is 12.7. The van der Waals surface area contributed by atoms with Gasteiger partial charge >= 0.3 is 0 Å². The van der Waals surface area contributed by atoms with Crippen molar-refractivity contribution in [3.63, 3.8) is 0 Å². The summed E-state index contributed by atoms with van der Waals surface area (Å²) in [6, 6.07) is 7.91. The smallest absolute Gasteiger partial charge is 0.261 e. The van der Waals surface area contributed by atoms with E-state index in [2.05, 4.69) is 12.1 Å². The van der Waals surface area contributed by atoms with Crippen LogP contribution >= 0.6 is 0 Å². The van der Waals surface area contributed by atoms with Crippen LogP contribution in [0.4, 0.5) is 0 Å². The third-order valence-corrected chi connectivity index (χ3v) is 4.50. The number of carbonyl (C=O) groups is 2. The number of carbonyl (C=O) groups excluding carboxylic acids is 2. The highest BCUT2D eigenvalue weighted by Crippen LogP contribution is 2.38. The van der Waals surface area contributed by atoms with E-state index in [9.17, 15) is 9.59 Å². The highest BCUT2D eigenvalue weighted by atomic mass is 16.2. The van der Waals surface area contributed by atoms with Crippen molar-refractivity contribution in [3.05, 3.63) is 46.5 Å². The molecule has 0 saturated carbocycles. The second kappa shape index (κ2) is 4.17. The lowest BCUT2D eigenvalue weighted by molar-refractivity contribution is 0.0592. The van der Waals surface area contributed by atoms with Gasteiger partial charge in [-0.3, -0.25) is 14.5 Å². The van der Waals surface area contributed by atoms with Gasteiger partial charge in [0.05, 0.1) is 0 Å². The number of hydrogen-bond acceptors (Lipinski definition) is 2. The standard InChI is InChI=1S/C18H17NO2/c1-10(2)9-19-17(20)13-7-5-11-3-4-12-6-8-14(18(19)21)16(13)15(11)12/h5-8,10H,3-4,9H2,1-2H3. The third kappa shape index (κ3) is 1.60. The van der Waals surface area contributed by atoms with E-state index in [1.165, 1.54) is 16.0 Å². The predicted octanol–water partition coefficient (Wildman–Crippen LogP) is 3.19. The Morgan fingerprint density at radius 2 is 1.43 bits per heavy atom. The molecule has 0 saturated heterocycles. The fourth-order valence-electron chi connectivity index (χ4n) is 3.60. The Hall–Kier alpha value is -2.16. The van der Waals surface area contributed by atoms with Crippen molar-refractivity contribution >= 4 is 22.6 Å². The fourth-order valence-corrected chi connectivity index (χ4v) is 3.60. The first-order valence-electron chi connectivity index (χ1n) is 7.51. The Morgan fingerprint density at radius 1 is 0.905 bits per heavy atom. The highest BCUT2D eigenvalue weighted by Gasteiger charge is 2.34. The second-order valence-corrected chi connectivity index (χ2v) is 6.41. The van der Waals surface area contributed by atoms with Crippen LogP contribution < -0.4 is 0 Å². The molecule has 0 aromatic heterocycles. The van der Waals surface area contributed by atoms with Crippen LogP contribution in [0.25, 0.3) is 10.8 Å². The average molecular weight is 279 g/mol.